The van der Waals surface area contributed by atoms with Crippen molar-refractivity contribution in [2.24, 2.45) is 4.99 Å². The number of benzene rings is 2. The highest BCUT2D eigenvalue weighted by Gasteiger charge is 2.33. The minimum absolute atomic E-state index is 0.191. The van der Waals surface area contributed by atoms with Crippen LogP contribution in [0.15, 0.2) is 80.5 Å². The average molecular weight is 578 g/mol. The number of thiazole rings is 1. The molecule has 0 amide bonds. The highest BCUT2D eigenvalue weighted by Crippen LogP contribution is 2.32. The lowest BCUT2D eigenvalue weighted by Gasteiger charge is -2.24. The lowest BCUT2D eigenvalue weighted by atomic mass is 9.96. The van der Waals surface area contributed by atoms with Gasteiger partial charge in [-0.1, -0.05) is 35.1 Å². The van der Waals surface area contributed by atoms with E-state index in [9.17, 15) is 9.59 Å². The van der Waals surface area contributed by atoms with Gasteiger partial charge >= 0.3 is 5.97 Å². The summed E-state index contributed by atoms with van der Waals surface area (Å²) in [6, 6.07) is 17.0. The molecule has 0 N–H and O–H groups in total. The van der Waals surface area contributed by atoms with Crippen LogP contribution in [0.25, 0.3) is 11.8 Å². The Labute approximate surface area is 239 Å². The molecule has 1 aliphatic rings. The van der Waals surface area contributed by atoms with Gasteiger partial charge in [-0.3, -0.25) is 9.36 Å². The van der Waals surface area contributed by atoms with Gasteiger partial charge in [-0.25, -0.2) is 9.79 Å². The van der Waals surface area contributed by atoms with Crippen LogP contribution in [-0.2, 0) is 9.53 Å². The van der Waals surface area contributed by atoms with E-state index in [1.807, 2.05) is 74.7 Å². The minimum Gasteiger partial charge on any atom is -0.463 e. The quantitative estimate of drug-likeness (QED) is 0.222. The van der Waals surface area contributed by atoms with E-state index in [1.54, 1.807) is 30.2 Å². The fraction of sp³-hybridized carbons (Fsp3) is 0.233. The van der Waals surface area contributed by atoms with E-state index in [-0.39, 0.29) is 12.2 Å². The van der Waals surface area contributed by atoms with E-state index in [0.29, 0.717) is 25.6 Å². The summed E-state index contributed by atoms with van der Waals surface area (Å²) in [5, 5.41) is 0.678. The smallest absolute Gasteiger partial charge is 0.338 e. The van der Waals surface area contributed by atoms with Gasteiger partial charge < -0.3 is 9.30 Å². The zero-order valence-electron chi connectivity index (χ0n) is 22.3. The molecule has 2 aromatic heterocycles. The van der Waals surface area contributed by atoms with E-state index >= 15 is 0 Å². The molecule has 4 aromatic rings. The maximum atomic E-state index is 13.9. The molecule has 0 radical (unpaired) electrons. The highest BCUT2D eigenvalue weighted by molar-refractivity contribution is 7.98. The second kappa shape index (κ2) is 11.0. The molecule has 0 saturated carbocycles. The SMILES string of the molecule is CCOC(=O)C1=C(C)N=c2s/c(=C\c3cc(C)n(-c4ccc(Cl)cc4)c3C)c(=O)n2[C@@H]1c1ccc(SC)cc1. The number of ether oxygens (including phenoxy) is 1. The Balaban J connectivity index is 1.68. The number of fused-ring (bicyclic) bond motifs is 1. The summed E-state index contributed by atoms with van der Waals surface area (Å²) in [4.78, 5) is 33.4. The van der Waals surface area contributed by atoms with Gasteiger partial charge in [-0.05, 0) is 93.6 Å². The van der Waals surface area contributed by atoms with Crippen LogP contribution in [0.5, 0.6) is 0 Å². The molecule has 200 valence electrons. The molecule has 3 heterocycles. The summed E-state index contributed by atoms with van der Waals surface area (Å²) >= 11 is 9.06. The molecule has 5 rings (SSSR count). The monoisotopic (exact) mass is 577 g/mol. The molecule has 0 saturated heterocycles. The van der Waals surface area contributed by atoms with Gasteiger partial charge in [0.2, 0.25) is 0 Å². The van der Waals surface area contributed by atoms with E-state index in [1.165, 1.54) is 11.3 Å². The zero-order chi connectivity index (χ0) is 27.8. The van der Waals surface area contributed by atoms with E-state index < -0.39 is 12.0 Å². The minimum atomic E-state index is -0.625. The largest absolute Gasteiger partial charge is 0.463 e. The Morgan fingerprint density at radius 3 is 2.46 bits per heavy atom. The number of allylic oxidation sites excluding steroid dienone is 1. The number of hydrogen-bond acceptors (Lipinski definition) is 6. The molecule has 9 heteroatoms. The first kappa shape index (κ1) is 27.2. The fourth-order valence-electron chi connectivity index (χ4n) is 4.96. The second-order valence-corrected chi connectivity index (χ2v) is 11.5. The van der Waals surface area contributed by atoms with Crippen LogP contribution in [0.4, 0.5) is 0 Å². The Kier molecular flexibility index (Phi) is 7.71. The lowest BCUT2D eigenvalue weighted by Crippen LogP contribution is -2.39. The van der Waals surface area contributed by atoms with Crippen molar-refractivity contribution >= 4 is 46.7 Å². The van der Waals surface area contributed by atoms with Crippen molar-refractivity contribution in [3.05, 3.63) is 113 Å². The number of thioether (sulfide) groups is 1. The molecule has 0 spiro atoms. The van der Waals surface area contributed by atoms with Crippen molar-refractivity contribution < 1.29 is 9.53 Å². The molecule has 0 aliphatic carbocycles. The van der Waals surface area contributed by atoms with Crippen molar-refractivity contribution in [2.75, 3.05) is 12.9 Å². The first-order chi connectivity index (χ1) is 18.7. The molecule has 0 fully saturated rings. The van der Waals surface area contributed by atoms with Gasteiger partial charge in [-0.2, -0.15) is 0 Å². The summed E-state index contributed by atoms with van der Waals surface area (Å²) in [6.45, 7) is 7.87. The average Bonchev–Trinajstić information content (AvgIpc) is 3.38. The highest BCUT2D eigenvalue weighted by atomic mass is 35.5. The standard InChI is InChI=1S/C30H28ClN3O3S2/c1-6-37-29(36)26-18(3)32-30-34(27(26)20-7-13-24(38-5)14-8-20)28(35)25(39-30)16-21-15-17(2)33(19(21)4)23-11-9-22(31)10-12-23/h7-16,27H,6H2,1-5H3/b25-16-/t27-/m1/s1. The van der Waals surface area contributed by atoms with Gasteiger partial charge in [0, 0.05) is 27.0 Å². The molecule has 0 unspecified atom stereocenters. The van der Waals surface area contributed by atoms with Crippen LogP contribution in [0.1, 0.15) is 42.4 Å². The molecule has 2 aromatic carbocycles. The molecular weight excluding hydrogens is 550 g/mol. The second-order valence-electron chi connectivity index (χ2n) is 9.21. The molecule has 39 heavy (non-hydrogen) atoms. The first-order valence-electron chi connectivity index (χ1n) is 12.5. The van der Waals surface area contributed by atoms with Crippen LogP contribution < -0.4 is 14.9 Å². The third-order valence-corrected chi connectivity index (χ3v) is 8.77. The number of aryl methyl sites for hydroxylation is 1. The Morgan fingerprint density at radius 2 is 1.82 bits per heavy atom. The van der Waals surface area contributed by atoms with Crippen LogP contribution in [0.2, 0.25) is 5.02 Å². The summed E-state index contributed by atoms with van der Waals surface area (Å²) in [6.07, 6.45) is 3.92. The number of carbonyl (C=O) groups excluding carboxylic acids is 1. The van der Waals surface area contributed by atoms with Crippen LogP contribution in [0.3, 0.4) is 0 Å². The Bertz CT molecular complexity index is 1780. The van der Waals surface area contributed by atoms with Crippen molar-refractivity contribution in [3.8, 4) is 5.69 Å². The van der Waals surface area contributed by atoms with Crippen molar-refractivity contribution in [2.45, 2.75) is 38.6 Å². The van der Waals surface area contributed by atoms with Gasteiger partial charge in [0.1, 0.15) is 0 Å². The van der Waals surface area contributed by atoms with Crippen molar-refractivity contribution in [1.82, 2.24) is 9.13 Å². The number of hydrogen-bond donors (Lipinski definition) is 0. The normalized spacial score (nSPS) is 15.3. The number of carbonyl (C=O) groups is 1. The molecule has 6 nitrogen and oxygen atoms in total. The summed E-state index contributed by atoms with van der Waals surface area (Å²) in [7, 11) is 0. The van der Waals surface area contributed by atoms with Crippen LogP contribution in [-0.4, -0.2) is 28.0 Å². The first-order valence-corrected chi connectivity index (χ1v) is 14.9. The van der Waals surface area contributed by atoms with Crippen LogP contribution in [0, 0.1) is 13.8 Å². The third-order valence-electron chi connectivity index (χ3n) is 6.79. The topological polar surface area (TPSA) is 65.6 Å². The van der Waals surface area contributed by atoms with Crippen molar-refractivity contribution in [3.63, 3.8) is 0 Å². The fourth-order valence-corrected chi connectivity index (χ4v) is 6.53. The molecular formula is C30H28ClN3O3S2. The molecule has 1 aliphatic heterocycles. The summed E-state index contributed by atoms with van der Waals surface area (Å²) < 4.78 is 9.71. The Morgan fingerprint density at radius 1 is 1.13 bits per heavy atom. The van der Waals surface area contributed by atoms with Gasteiger partial charge in [-0.15, -0.1) is 11.8 Å². The molecule has 0 bridgehead atoms. The van der Waals surface area contributed by atoms with E-state index in [2.05, 4.69) is 15.6 Å². The number of esters is 1. The van der Waals surface area contributed by atoms with E-state index in [4.69, 9.17) is 16.3 Å². The van der Waals surface area contributed by atoms with Crippen molar-refractivity contribution in [1.29, 1.82) is 0 Å². The number of halogens is 1. The maximum Gasteiger partial charge on any atom is 0.338 e. The summed E-state index contributed by atoms with van der Waals surface area (Å²) in [5.74, 6) is -0.460. The predicted octanol–water partition coefficient (Wildman–Crippen LogP) is 5.58. The van der Waals surface area contributed by atoms with Gasteiger partial charge in [0.05, 0.1) is 28.5 Å². The Hall–Kier alpha value is -3.33. The van der Waals surface area contributed by atoms with Gasteiger partial charge in [0.25, 0.3) is 5.56 Å². The number of rotatable bonds is 6. The third kappa shape index (κ3) is 5.04. The van der Waals surface area contributed by atoms with Gasteiger partial charge in [0.15, 0.2) is 4.80 Å². The zero-order valence-corrected chi connectivity index (χ0v) is 24.7. The number of aromatic nitrogens is 2. The lowest BCUT2D eigenvalue weighted by molar-refractivity contribution is -0.139. The molecule has 1 atom stereocenters. The predicted molar refractivity (Wildman–Crippen MR) is 159 cm³/mol. The van der Waals surface area contributed by atoms with E-state index in [0.717, 1.165) is 33.1 Å². The maximum absolute atomic E-state index is 13.9. The van der Waals surface area contributed by atoms with Crippen LogP contribution >= 0.6 is 34.7 Å². The number of nitrogens with zero attached hydrogens (tertiary/aromatic N) is 3. The summed E-state index contributed by atoms with van der Waals surface area (Å²) in [5.41, 5.74) is 5.57.